The van der Waals surface area contributed by atoms with Crippen LogP contribution in [0.25, 0.3) is 10.9 Å². The summed E-state index contributed by atoms with van der Waals surface area (Å²) < 4.78 is 13.7. The van der Waals surface area contributed by atoms with Crippen LogP contribution < -0.4 is 5.32 Å². The van der Waals surface area contributed by atoms with Crippen LogP contribution in [0.15, 0.2) is 54.7 Å². The van der Waals surface area contributed by atoms with Gasteiger partial charge in [-0.25, -0.2) is 4.39 Å². The number of benzene rings is 2. The number of hydrogen-bond donors (Lipinski definition) is 1. The Labute approximate surface area is 123 Å². The van der Waals surface area contributed by atoms with Crippen LogP contribution in [0.1, 0.15) is 24.1 Å². The molecule has 3 aromatic rings. The molecule has 1 N–H and O–H groups in total. The molecular formula is C18H17FN2. The Bertz CT molecular complexity index is 783. The second-order valence-corrected chi connectivity index (χ2v) is 5.29. The lowest BCUT2D eigenvalue weighted by atomic mass is 10.1. The number of fused-ring (bicyclic) bond motifs is 1. The fourth-order valence-corrected chi connectivity index (χ4v) is 2.38. The van der Waals surface area contributed by atoms with Gasteiger partial charge in [0, 0.05) is 23.3 Å². The van der Waals surface area contributed by atoms with Crippen LogP contribution in [-0.4, -0.2) is 4.98 Å². The highest BCUT2D eigenvalue weighted by Gasteiger charge is 2.08. The second kappa shape index (κ2) is 5.52. The van der Waals surface area contributed by atoms with Crippen molar-refractivity contribution < 1.29 is 4.39 Å². The Kier molecular flexibility index (Phi) is 3.57. The Balaban J connectivity index is 1.85. The average molecular weight is 280 g/mol. The first-order valence-electron chi connectivity index (χ1n) is 7.01. The summed E-state index contributed by atoms with van der Waals surface area (Å²) in [5.41, 5.74) is 3.58. The van der Waals surface area contributed by atoms with Crippen molar-refractivity contribution in [3.05, 3.63) is 71.7 Å². The monoisotopic (exact) mass is 280 g/mol. The minimum atomic E-state index is -0.163. The van der Waals surface area contributed by atoms with Crippen molar-refractivity contribution in [1.82, 2.24) is 4.98 Å². The molecule has 0 radical (unpaired) electrons. The first kappa shape index (κ1) is 13.6. The molecule has 1 aromatic heterocycles. The summed E-state index contributed by atoms with van der Waals surface area (Å²) in [6.07, 6.45) is 1.78. The van der Waals surface area contributed by atoms with Gasteiger partial charge >= 0.3 is 0 Å². The zero-order chi connectivity index (χ0) is 14.8. The van der Waals surface area contributed by atoms with Crippen LogP contribution in [0.3, 0.4) is 0 Å². The number of halogens is 1. The summed E-state index contributed by atoms with van der Waals surface area (Å²) in [7, 11) is 0. The number of hydrogen-bond acceptors (Lipinski definition) is 2. The van der Waals surface area contributed by atoms with E-state index in [4.69, 9.17) is 0 Å². The average Bonchev–Trinajstić information content (AvgIpc) is 2.50. The smallest absolute Gasteiger partial charge is 0.126 e. The van der Waals surface area contributed by atoms with Gasteiger partial charge in [0.05, 0.1) is 5.52 Å². The van der Waals surface area contributed by atoms with Crippen LogP contribution in [0.2, 0.25) is 0 Å². The van der Waals surface area contributed by atoms with Gasteiger partial charge in [0.1, 0.15) is 5.82 Å². The summed E-state index contributed by atoms with van der Waals surface area (Å²) in [6, 6.07) is 15.4. The Morgan fingerprint density at radius 3 is 2.76 bits per heavy atom. The fourth-order valence-electron chi connectivity index (χ4n) is 2.38. The summed E-state index contributed by atoms with van der Waals surface area (Å²) in [4.78, 5) is 4.30. The lowest BCUT2D eigenvalue weighted by Crippen LogP contribution is -2.07. The van der Waals surface area contributed by atoms with Crippen LogP contribution >= 0.6 is 0 Å². The van der Waals surface area contributed by atoms with Crippen LogP contribution in [0, 0.1) is 12.7 Å². The Morgan fingerprint density at radius 1 is 1.10 bits per heavy atom. The molecule has 0 saturated heterocycles. The molecule has 1 atom stereocenters. The van der Waals surface area contributed by atoms with Crippen molar-refractivity contribution in [2.24, 2.45) is 0 Å². The Morgan fingerprint density at radius 2 is 1.95 bits per heavy atom. The van der Waals surface area contributed by atoms with Gasteiger partial charge in [0.15, 0.2) is 0 Å². The van der Waals surface area contributed by atoms with Crippen molar-refractivity contribution in [3.63, 3.8) is 0 Å². The molecule has 21 heavy (non-hydrogen) atoms. The molecule has 0 aliphatic carbocycles. The minimum absolute atomic E-state index is 0.0363. The number of rotatable bonds is 3. The molecule has 0 aliphatic heterocycles. The minimum Gasteiger partial charge on any atom is -0.379 e. The first-order chi connectivity index (χ1) is 10.1. The van der Waals surface area contributed by atoms with E-state index in [2.05, 4.69) is 16.4 Å². The molecule has 2 aromatic carbocycles. The van der Waals surface area contributed by atoms with Gasteiger partial charge in [-0.15, -0.1) is 0 Å². The van der Waals surface area contributed by atoms with E-state index in [1.54, 1.807) is 19.2 Å². The van der Waals surface area contributed by atoms with E-state index in [1.807, 2.05) is 43.3 Å². The molecule has 0 spiro atoms. The van der Waals surface area contributed by atoms with E-state index < -0.39 is 0 Å². The fraction of sp³-hybridized carbons (Fsp3) is 0.167. The van der Waals surface area contributed by atoms with Crippen molar-refractivity contribution in [2.75, 3.05) is 5.32 Å². The summed E-state index contributed by atoms with van der Waals surface area (Å²) in [6.45, 7) is 3.80. The Hall–Kier alpha value is -2.42. The third-order valence-electron chi connectivity index (χ3n) is 3.68. The van der Waals surface area contributed by atoms with Crippen molar-refractivity contribution in [2.45, 2.75) is 19.9 Å². The van der Waals surface area contributed by atoms with E-state index in [1.165, 1.54) is 0 Å². The van der Waals surface area contributed by atoms with Gasteiger partial charge in [0.25, 0.3) is 0 Å². The SMILES string of the molecule is Cc1ccc(C(C)Nc2ccc3ncccc3c2)cc1F. The van der Waals surface area contributed by atoms with Gasteiger partial charge in [0.2, 0.25) is 0 Å². The third kappa shape index (κ3) is 2.87. The number of aryl methyl sites for hydroxylation is 1. The number of nitrogens with one attached hydrogen (secondary N) is 1. The van der Waals surface area contributed by atoms with E-state index in [9.17, 15) is 4.39 Å². The van der Waals surface area contributed by atoms with E-state index in [-0.39, 0.29) is 11.9 Å². The standard InChI is InChI=1S/C18H17FN2/c1-12-5-6-14(11-17(12)19)13(2)21-16-7-8-18-15(10-16)4-3-9-20-18/h3-11,13,21H,1-2H3. The lowest BCUT2D eigenvalue weighted by Gasteiger charge is -2.16. The van der Waals surface area contributed by atoms with Crippen LogP contribution in [0.5, 0.6) is 0 Å². The highest BCUT2D eigenvalue weighted by Crippen LogP contribution is 2.23. The van der Waals surface area contributed by atoms with Crippen LogP contribution in [-0.2, 0) is 0 Å². The molecule has 106 valence electrons. The van der Waals surface area contributed by atoms with E-state index >= 15 is 0 Å². The largest absolute Gasteiger partial charge is 0.379 e. The maximum absolute atomic E-state index is 13.7. The number of anilines is 1. The molecule has 2 nitrogen and oxygen atoms in total. The molecule has 0 amide bonds. The topological polar surface area (TPSA) is 24.9 Å². The first-order valence-corrected chi connectivity index (χ1v) is 7.01. The second-order valence-electron chi connectivity index (χ2n) is 5.29. The summed E-state index contributed by atoms with van der Waals surface area (Å²) in [5.74, 6) is -0.163. The predicted molar refractivity (Wildman–Crippen MR) is 84.9 cm³/mol. The molecule has 1 unspecified atom stereocenters. The normalized spacial score (nSPS) is 12.3. The highest BCUT2D eigenvalue weighted by atomic mass is 19.1. The summed E-state index contributed by atoms with van der Waals surface area (Å²) in [5, 5.41) is 4.49. The van der Waals surface area contributed by atoms with Crippen molar-refractivity contribution >= 4 is 16.6 Å². The van der Waals surface area contributed by atoms with Crippen LogP contribution in [0.4, 0.5) is 10.1 Å². The maximum atomic E-state index is 13.7. The van der Waals surface area contributed by atoms with Crippen molar-refractivity contribution in [1.29, 1.82) is 0 Å². The molecule has 3 heteroatoms. The predicted octanol–water partition coefficient (Wildman–Crippen LogP) is 4.86. The maximum Gasteiger partial charge on any atom is 0.126 e. The van der Waals surface area contributed by atoms with Crippen molar-refractivity contribution in [3.8, 4) is 0 Å². The number of nitrogens with zero attached hydrogens (tertiary/aromatic N) is 1. The quantitative estimate of drug-likeness (QED) is 0.741. The zero-order valence-electron chi connectivity index (χ0n) is 12.1. The number of aromatic nitrogens is 1. The van der Waals surface area contributed by atoms with E-state index in [0.717, 1.165) is 22.2 Å². The molecule has 3 rings (SSSR count). The molecular weight excluding hydrogens is 263 g/mol. The lowest BCUT2D eigenvalue weighted by molar-refractivity contribution is 0.614. The highest BCUT2D eigenvalue weighted by molar-refractivity contribution is 5.82. The molecule has 0 fully saturated rings. The molecule has 1 heterocycles. The van der Waals surface area contributed by atoms with Gasteiger partial charge in [-0.1, -0.05) is 18.2 Å². The van der Waals surface area contributed by atoms with Gasteiger partial charge < -0.3 is 5.32 Å². The molecule has 0 bridgehead atoms. The zero-order valence-corrected chi connectivity index (χ0v) is 12.1. The van der Waals surface area contributed by atoms with Gasteiger partial charge in [-0.2, -0.15) is 0 Å². The van der Waals surface area contributed by atoms with E-state index in [0.29, 0.717) is 5.56 Å². The van der Waals surface area contributed by atoms with Gasteiger partial charge in [-0.3, -0.25) is 4.98 Å². The van der Waals surface area contributed by atoms with Gasteiger partial charge in [-0.05, 0) is 55.3 Å². The molecule has 0 saturated carbocycles. The molecule has 0 aliphatic rings. The summed E-state index contributed by atoms with van der Waals surface area (Å²) >= 11 is 0. The third-order valence-corrected chi connectivity index (χ3v) is 3.68. The number of pyridine rings is 1.